The van der Waals surface area contributed by atoms with E-state index >= 15 is 0 Å². The number of piperazine rings is 1. The lowest BCUT2D eigenvalue weighted by atomic mass is 9.82. The number of quaternary nitrogens is 1. The van der Waals surface area contributed by atoms with E-state index in [-0.39, 0.29) is 11.6 Å². The number of carbonyl (C=O) groups is 2. The number of carbonyl (C=O) groups excluding carboxylic acids is 2. The quantitative estimate of drug-likeness (QED) is 0.689. The minimum Gasteiger partial charge on any atom is -0.307 e. The monoisotopic (exact) mass is 385 g/mol. The van der Waals surface area contributed by atoms with Crippen molar-refractivity contribution < 1.29 is 19.5 Å². The van der Waals surface area contributed by atoms with Gasteiger partial charge in [-0.1, -0.05) is 60.7 Å². The normalized spacial score (nSPS) is 18.7. The number of pyridine rings is 1. The van der Waals surface area contributed by atoms with Crippen LogP contribution in [0.15, 0.2) is 79.0 Å². The molecule has 2 N–H and O–H groups in total. The summed E-state index contributed by atoms with van der Waals surface area (Å²) in [4.78, 5) is 34.0. The number of hydrogen-bond acceptors (Lipinski definition) is 3. The van der Waals surface area contributed by atoms with Crippen molar-refractivity contribution in [2.75, 3.05) is 31.1 Å². The van der Waals surface area contributed by atoms with Crippen LogP contribution in [0.5, 0.6) is 0 Å². The van der Waals surface area contributed by atoms with Gasteiger partial charge in [-0.05, 0) is 6.07 Å². The summed E-state index contributed by atoms with van der Waals surface area (Å²) in [6.45, 7) is 2.98. The average Bonchev–Trinajstić information content (AvgIpc) is 3.03. The van der Waals surface area contributed by atoms with E-state index in [4.69, 9.17) is 0 Å². The van der Waals surface area contributed by atoms with E-state index in [0.717, 1.165) is 29.4 Å². The molecule has 0 bridgehead atoms. The van der Waals surface area contributed by atoms with Gasteiger partial charge in [-0.3, -0.25) is 14.5 Å². The Morgan fingerprint density at radius 2 is 1.34 bits per heavy atom. The van der Waals surface area contributed by atoms with Crippen LogP contribution in [0.25, 0.3) is 0 Å². The van der Waals surface area contributed by atoms with Gasteiger partial charge < -0.3 is 4.90 Å². The summed E-state index contributed by atoms with van der Waals surface area (Å²) in [7, 11) is 0. The Labute approximate surface area is 169 Å². The molecule has 144 valence electrons. The number of H-pyrrole nitrogens is 1. The Hall–Kier alpha value is -3.31. The summed E-state index contributed by atoms with van der Waals surface area (Å²) in [5.41, 5.74) is 0.707. The summed E-state index contributed by atoms with van der Waals surface area (Å²) in [5, 5.41) is 0. The fourth-order valence-corrected chi connectivity index (χ4v) is 4.83. The number of nitrogens with one attached hydrogen (secondary N) is 2. The third-order valence-corrected chi connectivity index (χ3v) is 6.23. The molecule has 3 aromatic rings. The van der Waals surface area contributed by atoms with E-state index in [1.807, 2.05) is 60.8 Å². The zero-order valence-corrected chi connectivity index (χ0v) is 16.1. The molecular weight excluding hydrogens is 362 g/mol. The van der Waals surface area contributed by atoms with Crippen molar-refractivity contribution in [1.82, 2.24) is 0 Å². The summed E-state index contributed by atoms with van der Waals surface area (Å²) >= 11 is 0. The second kappa shape index (κ2) is 6.94. The Balaban J connectivity index is 1.54. The molecule has 0 spiro atoms. The number of rotatable bonds is 3. The Morgan fingerprint density at radius 3 is 1.93 bits per heavy atom. The third-order valence-electron chi connectivity index (χ3n) is 6.23. The molecule has 5 heteroatoms. The van der Waals surface area contributed by atoms with Crippen molar-refractivity contribution in [2.24, 2.45) is 0 Å². The maximum atomic E-state index is 13.7. The first-order valence-electron chi connectivity index (χ1n) is 10.0. The Bertz CT molecular complexity index is 1020. The van der Waals surface area contributed by atoms with Crippen molar-refractivity contribution in [2.45, 2.75) is 5.54 Å². The molecule has 29 heavy (non-hydrogen) atoms. The number of fused-ring (bicyclic) bond motifs is 1. The molecular formula is C24H23N3O2+2. The molecule has 0 unspecified atom stereocenters. The average molecular weight is 385 g/mol. The largest absolute Gasteiger partial charge is 0.307 e. The standard InChI is InChI=1S/C24H21N3O2/c28-22-19-10-4-5-11-20(19)23(29)24(22,18-8-2-1-3-9-18)27-16-14-26(15-17-27)21-12-6-7-13-25-21/h1-13H,14-17H2/p+2. The molecule has 5 nitrogen and oxygen atoms in total. The molecule has 1 aliphatic heterocycles. The van der Waals surface area contributed by atoms with Gasteiger partial charge in [0, 0.05) is 22.8 Å². The number of nitrogens with zero attached hydrogens (tertiary/aromatic N) is 1. The van der Waals surface area contributed by atoms with Crippen LogP contribution < -0.4 is 14.8 Å². The molecule has 0 radical (unpaired) electrons. The number of ketones is 2. The van der Waals surface area contributed by atoms with Crippen LogP contribution >= 0.6 is 0 Å². The SMILES string of the molecule is O=C1c2ccccc2C(=O)C1(c1ccccc1)[NH+]1CCN(c2cccc[nH+]2)CC1. The first-order valence-corrected chi connectivity index (χ1v) is 10.0. The summed E-state index contributed by atoms with van der Waals surface area (Å²) in [6.07, 6.45) is 1.92. The molecule has 0 atom stereocenters. The van der Waals surface area contributed by atoms with Crippen molar-refractivity contribution in [3.8, 4) is 0 Å². The van der Waals surface area contributed by atoms with Gasteiger partial charge in [-0.25, -0.2) is 4.98 Å². The Kier molecular flexibility index (Phi) is 4.25. The van der Waals surface area contributed by atoms with Crippen molar-refractivity contribution in [3.05, 3.63) is 95.7 Å². The van der Waals surface area contributed by atoms with Crippen LogP contribution in [-0.4, -0.2) is 37.7 Å². The van der Waals surface area contributed by atoms with Gasteiger partial charge >= 0.3 is 0 Å². The molecule has 1 aromatic heterocycles. The maximum Gasteiger partial charge on any atom is 0.274 e. The van der Waals surface area contributed by atoms with E-state index in [2.05, 4.69) is 16.0 Å². The van der Waals surface area contributed by atoms with E-state index in [9.17, 15) is 9.59 Å². The van der Waals surface area contributed by atoms with Crippen molar-refractivity contribution in [1.29, 1.82) is 0 Å². The minimum atomic E-state index is -1.18. The topological polar surface area (TPSA) is 56.0 Å². The number of aromatic nitrogens is 1. The smallest absolute Gasteiger partial charge is 0.274 e. The van der Waals surface area contributed by atoms with E-state index in [1.54, 1.807) is 12.1 Å². The molecule has 2 aromatic carbocycles. The van der Waals surface area contributed by atoms with Crippen LogP contribution in [-0.2, 0) is 5.54 Å². The van der Waals surface area contributed by atoms with Crippen LogP contribution in [0.2, 0.25) is 0 Å². The number of anilines is 1. The second-order valence-corrected chi connectivity index (χ2v) is 7.66. The van der Waals surface area contributed by atoms with Crippen molar-refractivity contribution in [3.63, 3.8) is 0 Å². The zero-order chi connectivity index (χ0) is 19.8. The highest BCUT2D eigenvalue weighted by Crippen LogP contribution is 2.35. The highest BCUT2D eigenvalue weighted by Gasteiger charge is 2.62. The number of Topliss-reactive ketones (excluding diaryl/α,β-unsaturated/α-hetero) is 2. The molecule has 0 amide bonds. The predicted octanol–water partition coefficient (Wildman–Crippen LogP) is 1.18. The summed E-state index contributed by atoms with van der Waals surface area (Å²) < 4.78 is 0. The fourth-order valence-electron chi connectivity index (χ4n) is 4.83. The zero-order valence-electron chi connectivity index (χ0n) is 16.1. The van der Waals surface area contributed by atoms with E-state index in [0.29, 0.717) is 24.2 Å². The molecule has 2 heterocycles. The van der Waals surface area contributed by atoms with E-state index in [1.165, 1.54) is 0 Å². The number of aromatic amines is 1. The van der Waals surface area contributed by atoms with Gasteiger partial charge in [0.15, 0.2) is 0 Å². The first kappa shape index (κ1) is 17.8. The van der Waals surface area contributed by atoms with Crippen molar-refractivity contribution >= 4 is 17.4 Å². The molecule has 2 aliphatic rings. The number of benzene rings is 2. The highest BCUT2D eigenvalue weighted by atomic mass is 16.2. The van der Waals surface area contributed by atoms with Gasteiger partial charge in [0.2, 0.25) is 11.6 Å². The summed E-state index contributed by atoms with van der Waals surface area (Å²) in [6, 6.07) is 22.9. The van der Waals surface area contributed by atoms with Gasteiger partial charge in [0.25, 0.3) is 11.4 Å². The third kappa shape index (κ3) is 2.62. The predicted molar refractivity (Wildman–Crippen MR) is 109 cm³/mol. The highest BCUT2D eigenvalue weighted by molar-refractivity contribution is 6.31. The minimum absolute atomic E-state index is 0.0703. The van der Waals surface area contributed by atoms with Crippen LogP contribution in [0.3, 0.4) is 0 Å². The lowest BCUT2D eigenvalue weighted by molar-refractivity contribution is -0.938. The summed E-state index contributed by atoms with van der Waals surface area (Å²) in [5.74, 6) is 0.922. The number of hydrogen-bond donors (Lipinski definition) is 1. The molecule has 1 fully saturated rings. The maximum absolute atomic E-state index is 13.7. The molecule has 1 saturated heterocycles. The second-order valence-electron chi connectivity index (χ2n) is 7.66. The van der Waals surface area contributed by atoms with Crippen LogP contribution in [0, 0.1) is 0 Å². The van der Waals surface area contributed by atoms with Gasteiger partial charge in [-0.15, -0.1) is 0 Å². The lowest BCUT2D eigenvalue weighted by Crippen LogP contribution is -3.23. The van der Waals surface area contributed by atoms with E-state index < -0.39 is 5.54 Å². The van der Waals surface area contributed by atoms with Gasteiger partial charge in [-0.2, -0.15) is 0 Å². The molecule has 5 rings (SSSR count). The van der Waals surface area contributed by atoms with Crippen LogP contribution in [0.4, 0.5) is 5.82 Å². The molecule has 0 saturated carbocycles. The van der Waals surface area contributed by atoms with Gasteiger partial charge in [0.05, 0.1) is 6.20 Å². The lowest BCUT2D eigenvalue weighted by Gasteiger charge is -2.39. The van der Waals surface area contributed by atoms with Gasteiger partial charge in [0.1, 0.15) is 26.2 Å². The first-order chi connectivity index (χ1) is 14.2. The molecule has 1 aliphatic carbocycles. The fraction of sp³-hybridized carbons (Fsp3) is 0.208. The Morgan fingerprint density at radius 1 is 0.759 bits per heavy atom. The van der Waals surface area contributed by atoms with Crippen LogP contribution in [0.1, 0.15) is 26.3 Å².